The first-order chi connectivity index (χ1) is 10.1. The van der Waals surface area contributed by atoms with Crippen molar-refractivity contribution in [1.29, 1.82) is 0 Å². The van der Waals surface area contributed by atoms with Crippen molar-refractivity contribution in [2.45, 2.75) is 17.9 Å². The number of hydrogen-bond acceptors (Lipinski definition) is 4. The predicted molar refractivity (Wildman–Crippen MR) is 89.3 cm³/mol. The maximum atomic E-state index is 11.9. The molecule has 1 aromatic carbocycles. The number of furan rings is 1. The summed E-state index contributed by atoms with van der Waals surface area (Å²) >= 11 is 4.77. The van der Waals surface area contributed by atoms with Gasteiger partial charge in [0, 0.05) is 5.75 Å². The van der Waals surface area contributed by atoms with Gasteiger partial charge >= 0.3 is 0 Å². The van der Waals surface area contributed by atoms with Crippen molar-refractivity contribution in [3.63, 3.8) is 0 Å². The Hall–Kier alpha value is -1.53. The molecule has 0 aliphatic carbocycles. The Balaban J connectivity index is 1.76. The second kappa shape index (κ2) is 8.05. The molecule has 1 atom stereocenters. The van der Waals surface area contributed by atoms with Crippen LogP contribution in [-0.2, 0) is 10.5 Å². The molecule has 1 amide bonds. The van der Waals surface area contributed by atoms with Gasteiger partial charge in [0.05, 0.1) is 11.5 Å². The monoisotopic (exact) mass is 366 g/mol. The van der Waals surface area contributed by atoms with Gasteiger partial charge in [0.2, 0.25) is 0 Å². The summed E-state index contributed by atoms with van der Waals surface area (Å²) in [6, 6.07) is 13.6. The Morgan fingerprint density at radius 3 is 2.81 bits per heavy atom. The Morgan fingerprint density at radius 1 is 1.38 bits per heavy atom. The van der Waals surface area contributed by atoms with Crippen molar-refractivity contribution in [2.24, 2.45) is 5.10 Å². The fourth-order valence-corrected chi connectivity index (χ4v) is 2.68. The van der Waals surface area contributed by atoms with Crippen molar-refractivity contribution in [3.8, 4) is 0 Å². The van der Waals surface area contributed by atoms with Gasteiger partial charge in [-0.25, -0.2) is 5.43 Å². The summed E-state index contributed by atoms with van der Waals surface area (Å²) in [5.74, 6) is 1.24. The van der Waals surface area contributed by atoms with Crippen LogP contribution in [0.15, 0.2) is 56.7 Å². The summed E-state index contributed by atoms with van der Waals surface area (Å²) < 4.78 is 5.87. The van der Waals surface area contributed by atoms with Crippen LogP contribution in [0.3, 0.4) is 0 Å². The Bertz CT molecular complexity index is 613. The summed E-state index contributed by atoms with van der Waals surface area (Å²) in [6.07, 6.45) is 1.47. The average Bonchev–Trinajstić information content (AvgIpc) is 2.91. The lowest BCUT2D eigenvalue weighted by Gasteiger charge is -2.09. The van der Waals surface area contributed by atoms with Crippen LogP contribution < -0.4 is 5.43 Å². The molecule has 2 aromatic rings. The molecule has 0 fully saturated rings. The molecule has 110 valence electrons. The van der Waals surface area contributed by atoms with E-state index in [1.54, 1.807) is 23.9 Å². The van der Waals surface area contributed by atoms with Gasteiger partial charge in [0.15, 0.2) is 4.67 Å². The largest absolute Gasteiger partial charge is 0.448 e. The highest BCUT2D eigenvalue weighted by atomic mass is 79.9. The fourth-order valence-electron chi connectivity index (χ4n) is 1.52. The normalized spacial score (nSPS) is 12.5. The fraction of sp³-hybridized carbons (Fsp3) is 0.200. The van der Waals surface area contributed by atoms with Crippen molar-refractivity contribution in [1.82, 2.24) is 5.43 Å². The van der Waals surface area contributed by atoms with Gasteiger partial charge in [0.1, 0.15) is 5.76 Å². The smallest absolute Gasteiger partial charge is 0.252 e. The number of hydrogen-bond donors (Lipinski definition) is 1. The summed E-state index contributed by atoms with van der Waals surface area (Å²) in [6.45, 7) is 1.86. The molecule has 2 rings (SSSR count). The van der Waals surface area contributed by atoms with E-state index in [4.69, 9.17) is 4.42 Å². The average molecular weight is 367 g/mol. The molecule has 0 bridgehead atoms. The molecule has 0 spiro atoms. The van der Waals surface area contributed by atoms with E-state index in [0.29, 0.717) is 10.4 Å². The van der Waals surface area contributed by atoms with Crippen molar-refractivity contribution in [3.05, 3.63) is 58.5 Å². The van der Waals surface area contributed by atoms with Crippen LogP contribution in [0.1, 0.15) is 18.2 Å². The molecule has 0 unspecified atom stereocenters. The zero-order valence-corrected chi connectivity index (χ0v) is 13.9. The highest BCUT2D eigenvalue weighted by molar-refractivity contribution is 9.10. The van der Waals surface area contributed by atoms with Gasteiger partial charge in [0.25, 0.3) is 5.91 Å². The Labute approximate surface area is 136 Å². The lowest BCUT2D eigenvalue weighted by Crippen LogP contribution is -2.26. The van der Waals surface area contributed by atoms with Gasteiger partial charge in [-0.15, -0.1) is 11.8 Å². The van der Waals surface area contributed by atoms with Gasteiger partial charge < -0.3 is 4.42 Å². The molecule has 0 saturated carbocycles. The molecule has 0 aliphatic heterocycles. The molecule has 0 aliphatic rings. The van der Waals surface area contributed by atoms with Crippen LogP contribution in [0.25, 0.3) is 0 Å². The number of thioether (sulfide) groups is 1. The van der Waals surface area contributed by atoms with Crippen LogP contribution in [0.4, 0.5) is 0 Å². The van der Waals surface area contributed by atoms with Gasteiger partial charge in [-0.1, -0.05) is 30.3 Å². The lowest BCUT2D eigenvalue weighted by atomic mass is 10.2. The Morgan fingerprint density at radius 2 is 2.14 bits per heavy atom. The van der Waals surface area contributed by atoms with E-state index >= 15 is 0 Å². The third-order valence-corrected chi connectivity index (χ3v) is 4.31. The highest BCUT2D eigenvalue weighted by Crippen LogP contribution is 2.17. The number of carbonyl (C=O) groups excluding carboxylic acids is 1. The van der Waals surface area contributed by atoms with E-state index in [2.05, 4.69) is 26.5 Å². The second-order valence-corrected chi connectivity index (χ2v) is 6.43. The SMILES string of the molecule is C[C@@H](SCc1ccccc1)C(=O)N/N=C\c1ccc(Br)o1. The minimum absolute atomic E-state index is 0.127. The molecule has 1 N–H and O–H groups in total. The number of nitrogens with zero attached hydrogens (tertiary/aromatic N) is 1. The zero-order chi connectivity index (χ0) is 15.1. The van der Waals surface area contributed by atoms with Gasteiger partial charge in [-0.05, 0) is 40.5 Å². The van der Waals surface area contributed by atoms with E-state index in [9.17, 15) is 4.79 Å². The minimum atomic E-state index is -0.175. The summed E-state index contributed by atoms with van der Waals surface area (Å²) in [4.78, 5) is 11.9. The molecule has 21 heavy (non-hydrogen) atoms. The molecule has 1 heterocycles. The third-order valence-electron chi connectivity index (χ3n) is 2.67. The van der Waals surface area contributed by atoms with E-state index < -0.39 is 0 Å². The van der Waals surface area contributed by atoms with Crippen LogP contribution in [0.2, 0.25) is 0 Å². The number of benzene rings is 1. The van der Waals surface area contributed by atoms with E-state index in [1.807, 2.05) is 37.3 Å². The van der Waals surface area contributed by atoms with Crippen molar-refractivity contribution in [2.75, 3.05) is 0 Å². The summed E-state index contributed by atoms with van der Waals surface area (Å²) in [5.41, 5.74) is 3.71. The Kier molecular flexibility index (Phi) is 6.07. The maximum absolute atomic E-state index is 11.9. The minimum Gasteiger partial charge on any atom is -0.448 e. The number of nitrogens with one attached hydrogen (secondary N) is 1. The van der Waals surface area contributed by atoms with Crippen LogP contribution in [0, 0.1) is 0 Å². The van der Waals surface area contributed by atoms with E-state index in [-0.39, 0.29) is 11.2 Å². The second-order valence-electron chi connectivity index (χ2n) is 4.31. The van der Waals surface area contributed by atoms with Crippen LogP contribution in [-0.4, -0.2) is 17.4 Å². The first-order valence-electron chi connectivity index (χ1n) is 6.39. The number of carbonyl (C=O) groups is 1. The van der Waals surface area contributed by atoms with Crippen LogP contribution >= 0.6 is 27.7 Å². The topological polar surface area (TPSA) is 54.6 Å². The highest BCUT2D eigenvalue weighted by Gasteiger charge is 2.12. The molecule has 0 radical (unpaired) electrons. The quantitative estimate of drug-likeness (QED) is 0.624. The zero-order valence-electron chi connectivity index (χ0n) is 11.5. The molecular weight excluding hydrogens is 352 g/mol. The predicted octanol–water partition coefficient (Wildman–Crippen LogP) is 3.81. The maximum Gasteiger partial charge on any atom is 0.252 e. The van der Waals surface area contributed by atoms with Crippen molar-refractivity contribution >= 4 is 39.8 Å². The molecule has 1 aromatic heterocycles. The number of amides is 1. The molecule has 6 heteroatoms. The van der Waals surface area contributed by atoms with E-state index in [1.165, 1.54) is 11.8 Å². The van der Waals surface area contributed by atoms with E-state index in [0.717, 1.165) is 5.75 Å². The van der Waals surface area contributed by atoms with Gasteiger partial charge in [-0.3, -0.25) is 4.79 Å². The third kappa shape index (κ3) is 5.40. The number of hydrazone groups is 1. The summed E-state index contributed by atoms with van der Waals surface area (Å²) in [5, 5.41) is 3.70. The number of rotatable bonds is 6. The molecule has 0 saturated heterocycles. The number of halogens is 1. The van der Waals surface area contributed by atoms with Gasteiger partial charge in [-0.2, -0.15) is 5.10 Å². The molecular formula is C15H15BrN2O2S. The standard InChI is InChI=1S/C15H15BrN2O2S/c1-11(21-10-12-5-3-2-4-6-12)15(19)18-17-9-13-7-8-14(16)20-13/h2-9,11H,10H2,1H3,(H,18,19)/b17-9-/t11-/m1/s1. The van der Waals surface area contributed by atoms with Crippen LogP contribution in [0.5, 0.6) is 0 Å². The summed E-state index contributed by atoms with van der Waals surface area (Å²) in [7, 11) is 0. The first kappa shape index (κ1) is 15.9. The lowest BCUT2D eigenvalue weighted by molar-refractivity contribution is -0.120. The van der Waals surface area contributed by atoms with Crippen molar-refractivity contribution < 1.29 is 9.21 Å². The first-order valence-corrected chi connectivity index (χ1v) is 8.23. The molecule has 4 nitrogen and oxygen atoms in total.